The van der Waals surface area contributed by atoms with Gasteiger partial charge in [-0.3, -0.25) is 9.20 Å². The van der Waals surface area contributed by atoms with Crippen LogP contribution in [0.15, 0.2) is 65.6 Å². The minimum absolute atomic E-state index is 0.0480. The summed E-state index contributed by atoms with van der Waals surface area (Å²) in [5, 5.41) is 3.53. The number of nitrogens with one attached hydrogen (secondary N) is 1. The van der Waals surface area contributed by atoms with E-state index < -0.39 is 0 Å². The molecular weight excluding hydrogens is 286 g/mol. The van der Waals surface area contributed by atoms with Crippen molar-refractivity contribution in [2.75, 3.05) is 0 Å². The van der Waals surface area contributed by atoms with E-state index in [1.54, 1.807) is 16.7 Å². The van der Waals surface area contributed by atoms with Crippen LogP contribution in [-0.2, 0) is 6.54 Å². The van der Waals surface area contributed by atoms with E-state index in [-0.39, 0.29) is 11.6 Å². The molecule has 0 bridgehead atoms. The van der Waals surface area contributed by atoms with E-state index in [9.17, 15) is 4.79 Å². The van der Waals surface area contributed by atoms with Crippen molar-refractivity contribution in [2.24, 2.45) is 5.92 Å². The predicted molar refractivity (Wildman–Crippen MR) is 92.3 cm³/mol. The second-order valence-corrected chi connectivity index (χ2v) is 6.03. The standard InChI is InChI=1S/C19H21N3O/c1-14(2)19(15-8-4-3-5-9-15)20-13-16-12-18(23)22-11-7-6-10-17(22)21-16/h3-12,14,19-20H,13H2,1-2H3/t19-/m0/s1. The first-order valence-corrected chi connectivity index (χ1v) is 7.91. The maximum absolute atomic E-state index is 12.1. The molecular formula is C19H21N3O. The molecule has 0 radical (unpaired) electrons. The summed E-state index contributed by atoms with van der Waals surface area (Å²) in [7, 11) is 0. The molecule has 4 heteroatoms. The fourth-order valence-electron chi connectivity index (χ4n) is 2.81. The monoisotopic (exact) mass is 307 g/mol. The highest BCUT2D eigenvalue weighted by Crippen LogP contribution is 2.21. The van der Waals surface area contributed by atoms with Crippen molar-refractivity contribution in [1.82, 2.24) is 14.7 Å². The summed E-state index contributed by atoms with van der Waals surface area (Å²) >= 11 is 0. The molecule has 2 heterocycles. The van der Waals surface area contributed by atoms with Gasteiger partial charge in [-0.2, -0.15) is 0 Å². The molecule has 1 atom stereocenters. The lowest BCUT2D eigenvalue weighted by Gasteiger charge is -2.23. The molecule has 1 N–H and O–H groups in total. The number of pyridine rings is 1. The minimum Gasteiger partial charge on any atom is -0.304 e. The van der Waals surface area contributed by atoms with Crippen LogP contribution in [-0.4, -0.2) is 9.38 Å². The van der Waals surface area contributed by atoms with Gasteiger partial charge in [0.2, 0.25) is 0 Å². The van der Waals surface area contributed by atoms with Gasteiger partial charge < -0.3 is 5.32 Å². The van der Waals surface area contributed by atoms with E-state index in [4.69, 9.17) is 0 Å². The second-order valence-electron chi connectivity index (χ2n) is 6.03. The number of hydrogen-bond donors (Lipinski definition) is 1. The Bertz CT molecular complexity index is 840. The largest absolute Gasteiger partial charge is 0.304 e. The number of benzene rings is 1. The topological polar surface area (TPSA) is 46.4 Å². The Balaban J connectivity index is 1.83. The van der Waals surface area contributed by atoms with Crippen LogP contribution in [0, 0.1) is 5.92 Å². The first-order chi connectivity index (χ1) is 11.1. The van der Waals surface area contributed by atoms with Crippen molar-refractivity contribution in [3.63, 3.8) is 0 Å². The molecule has 2 aromatic heterocycles. The van der Waals surface area contributed by atoms with Crippen molar-refractivity contribution in [1.29, 1.82) is 0 Å². The smallest absolute Gasteiger partial charge is 0.258 e. The summed E-state index contributed by atoms with van der Waals surface area (Å²) in [6.07, 6.45) is 1.74. The van der Waals surface area contributed by atoms with Crippen LogP contribution >= 0.6 is 0 Å². The fraction of sp³-hybridized carbons (Fsp3) is 0.263. The average molecular weight is 307 g/mol. The van der Waals surface area contributed by atoms with Crippen molar-refractivity contribution in [2.45, 2.75) is 26.4 Å². The first kappa shape index (κ1) is 15.4. The van der Waals surface area contributed by atoms with E-state index in [0.29, 0.717) is 18.1 Å². The summed E-state index contributed by atoms with van der Waals surface area (Å²) in [6, 6.07) is 17.8. The molecule has 0 fully saturated rings. The second kappa shape index (κ2) is 6.75. The van der Waals surface area contributed by atoms with Crippen molar-refractivity contribution < 1.29 is 0 Å². The van der Waals surface area contributed by atoms with Gasteiger partial charge in [-0.1, -0.05) is 50.2 Å². The maximum atomic E-state index is 12.1. The fourth-order valence-corrected chi connectivity index (χ4v) is 2.81. The van der Waals surface area contributed by atoms with Crippen LogP contribution in [0.25, 0.3) is 5.65 Å². The molecule has 0 unspecified atom stereocenters. The van der Waals surface area contributed by atoms with E-state index in [2.05, 4.69) is 36.3 Å². The van der Waals surface area contributed by atoms with E-state index in [1.807, 2.05) is 36.4 Å². The Kier molecular flexibility index (Phi) is 4.53. The lowest BCUT2D eigenvalue weighted by molar-refractivity contribution is 0.408. The SMILES string of the molecule is CC(C)[C@H](NCc1cc(=O)n2ccccc2n1)c1ccccc1. The zero-order valence-electron chi connectivity index (χ0n) is 13.4. The molecule has 0 aliphatic carbocycles. The number of hydrogen-bond acceptors (Lipinski definition) is 3. The molecule has 4 nitrogen and oxygen atoms in total. The molecule has 118 valence electrons. The Hall–Kier alpha value is -2.46. The van der Waals surface area contributed by atoms with Gasteiger partial charge in [0.15, 0.2) is 0 Å². The van der Waals surface area contributed by atoms with Gasteiger partial charge in [-0.05, 0) is 23.6 Å². The summed E-state index contributed by atoms with van der Waals surface area (Å²) in [5.41, 5.74) is 2.65. The molecule has 0 saturated carbocycles. The number of rotatable bonds is 5. The van der Waals surface area contributed by atoms with E-state index >= 15 is 0 Å². The Labute approximate surface area is 135 Å². The third kappa shape index (κ3) is 3.48. The number of aromatic nitrogens is 2. The van der Waals surface area contributed by atoms with Crippen molar-refractivity contribution >= 4 is 5.65 Å². The van der Waals surface area contributed by atoms with Crippen molar-refractivity contribution in [3.8, 4) is 0 Å². The van der Waals surface area contributed by atoms with Gasteiger partial charge in [-0.15, -0.1) is 0 Å². The third-order valence-electron chi connectivity index (χ3n) is 3.95. The molecule has 0 aliphatic rings. The summed E-state index contributed by atoms with van der Waals surface area (Å²) in [6.45, 7) is 4.94. The predicted octanol–water partition coefficient (Wildman–Crippen LogP) is 3.18. The number of fused-ring (bicyclic) bond motifs is 1. The normalized spacial score (nSPS) is 12.7. The summed E-state index contributed by atoms with van der Waals surface area (Å²) in [4.78, 5) is 16.7. The highest BCUT2D eigenvalue weighted by atomic mass is 16.1. The van der Waals surface area contributed by atoms with Crippen LogP contribution in [0.4, 0.5) is 0 Å². The van der Waals surface area contributed by atoms with Crippen LogP contribution < -0.4 is 10.9 Å². The molecule has 0 spiro atoms. The van der Waals surface area contributed by atoms with Crippen molar-refractivity contribution in [3.05, 3.63) is 82.4 Å². The van der Waals surface area contributed by atoms with Gasteiger partial charge in [0, 0.05) is 24.8 Å². The molecule has 3 rings (SSSR count). The Morgan fingerprint density at radius 1 is 1.09 bits per heavy atom. The maximum Gasteiger partial charge on any atom is 0.258 e. The molecule has 0 amide bonds. The van der Waals surface area contributed by atoms with Gasteiger partial charge in [0.05, 0.1) is 5.69 Å². The summed E-state index contributed by atoms with van der Waals surface area (Å²) < 4.78 is 1.56. The van der Waals surface area contributed by atoms with Gasteiger partial charge in [0.1, 0.15) is 5.65 Å². The van der Waals surface area contributed by atoms with Crippen LogP contribution in [0.2, 0.25) is 0 Å². The van der Waals surface area contributed by atoms with Crippen LogP contribution in [0.5, 0.6) is 0 Å². The lowest BCUT2D eigenvalue weighted by atomic mass is 9.96. The van der Waals surface area contributed by atoms with Gasteiger partial charge in [0.25, 0.3) is 5.56 Å². The van der Waals surface area contributed by atoms with Crippen LogP contribution in [0.1, 0.15) is 31.1 Å². The summed E-state index contributed by atoms with van der Waals surface area (Å²) in [5.74, 6) is 0.443. The van der Waals surface area contributed by atoms with Gasteiger partial charge in [-0.25, -0.2) is 4.98 Å². The molecule has 1 aromatic carbocycles. The quantitative estimate of drug-likeness (QED) is 0.787. The first-order valence-electron chi connectivity index (χ1n) is 7.91. The van der Waals surface area contributed by atoms with Gasteiger partial charge >= 0.3 is 0 Å². The molecule has 3 aromatic rings. The van der Waals surface area contributed by atoms with E-state index in [1.165, 1.54) is 5.56 Å². The Morgan fingerprint density at radius 2 is 1.83 bits per heavy atom. The average Bonchev–Trinajstić information content (AvgIpc) is 2.56. The zero-order chi connectivity index (χ0) is 16.2. The third-order valence-corrected chi connectivity index (χ3v) is 3.95. The molecule has 0 saturated heterocycles. The molecule has 23 heavy (non-hydrogen) atoms. The highest BCUT2D eigenvalue weighted by Gasteiger charge is 2.15. The number of nitrogens with zero attached hydrogens (tertiary/aromatic N) is 2. The minimum atomic E-state index is -0.0480. The Morgan fingerprint density at radius 3 is 2.57 bits per heavy atom. The lowest BCUT2D eigenvalue weighted by Crippen LogP contribution is -2.27. The highest BCUT2D eigenvalue weighted by molar-refractivity contribution is 5.38. The molecule has 0 aliphatic heterocycles. The van der Waals surface area contributed by atoms with Crippen LogP contribution in [0.3, 0.4) is 0 Å². The zero-order valence-corrected chi connectivity index (χ0v) is 13.4. The van der Waals surface area contributed by atoms with E-state index in [0.717, 1.165) is 5.69 Å².